The number of fused-ring (bicyclic) bond motifs is 1. The van der Waals surface area contributed by atoms with Gasteiger partial charge in [0.25, 0.3) is 5.91 Å². The summed E-state index contributed by atoms with van der Waals surface area (Å²) in [6, 6.07) is 7.12. The number of furan rings is 2. The van der Waals surface area contributed by atoms with Crippen LogP contribution in [-0.2, 0) is 14.3 Å². The Morgan fingerprint density at radius 2 is 1.90 bits per heavy atom. The van der Waals surface area contributed by atoms with Gasteiger partial charge in [0.2, 0.25) is 0 Å². The average molecular weight is 422 g/mol. The maximum absolute atomic E-state index is 13.1. The quantitative estimate of drug-likeness (QED) is 0.651. The zero-order valence-corrected chi connectivity index (χ0v) is 17.4. The van der Waals surface area contributed by atoms with E-state index in [4.69, 9.17) is 18.7 Å². The topological polar surface area (TPSA) is 85.3 Å². The van der Waals surface area contributed by atoms with E-state index < -0.39 is 0 Å². The summed E-state index contributed by atoms with van der Waals surface area (Å²) < 4.78 is 16.5. The molecule has 162 valence electrons. The molecule has 0 saturated heterocycles. The van der Waals surface area contributed by atoms with Crippen LogP contribution in [-0.4, -0.2) is 29.2 Å². The minimum Gasteiger partial charge on any atom is -0.467 e. The van der Waals surface area contributed by atoms with Gasteiger partial charge in [-0.05, 0) is 68.0 Å². The maximum Gasteiger partial charge on any atom is 0.309 e. The number of carbonyl (C=O) groups is 2. The Morgan fingerprint density at radius 3 is 2.65 bits per heavy atom. The van der Waals surface area contributed by atoms with E-state index >= 15 is 0 Å². The molecule has 2 fully saturated rings. The first kappa shape index (κ1) is 19.8. The van der Waals surface area contributed by atoms with E-state index in [9.17, 15) is 9.59 Å². The van der Waals surface area contributed by atoms with Crippen LogP contribution in [0.3, 0.4) is 0 Å². The van der Waals surface area contributed by atoms with Crippen molar-refractivity contribution >= 4 is 23.7 Å². The van der Waals surface area contributed by atoms with Crippen LogP contribution in [0.15, 0.2) is 56.3 Å². The molecule has 0 N–H and O–H groups in total. The van der Waals surface area contributed by atoms with Gasteiger partial charge in [-0.25, -0.2) is 5.01 Å². The van der Waals surface area contributed by atoms with E-state index in [1.165, 1.54) is 5.01 Å². The Hall–Kier alpha value is -3.09. The molecular weight excluding hydrogens is 396 g/mol. The zero-order chi connectivity index (χ0) is 21.2. The van der Waals surface area contributed by atoms with Crippen LogP contribution in [0.5, 0.6) is 0 Å². The van der Waals surface area contributed by atoms with Gasteiger partial charge in [0.05, 0.1) is 24.2 Å². The number of carbonyl (C=O) groups excluding carboxylic acids is 2. The molecule has 1 amide bonds. The van der Waals surface area contributed by atoms with Crippen molar-refractivity contribution in [1.82, 2.24) is 5.01 Å². The summed E-state index contributed by atoms with van der Waals surface area (Å²) >= 11 is 0. The first-order valence-corrected chi connectivity index (χ1v) is 11.1. The van der Waals surface area contributed by atoms with Crippen molar-refractivity contribution in [2.45, 2.75) is 51.0 Å². The van der Waals surface area contributed by atoms with Gasteiger partial charge in [0, 0.05) is 5.92 Å². The fourth-order valence-electron chi connectivity index (χ4n) is 4.97. The summed E-state index contributed by atoms with van der Waals surface area (Å²) in [7, 11) is 0. The van der Waals surface area contributed by atoms with Crippen molar-refractivity contribution in [2.75, 3.05) is 6.61 Å². The van der Waals surface area contributed by atoms with E-state index in [0.717, 1.165) is 62.0 Å². The number of rotatable bonds is 5. The lowest BCUT2D eigenvalue weighted by molar-refractivity contribution is -0.156. The number of ether oxygens (including phenoxy) is 1. The van der Waals surface area contributed by atoms with Gasteiger partial charge in [-0.1, -0.05) is 12.8 Å². The molecule has 0 aromatic carbocycles. The highest BCUT2D eigenvalue weighted by atomic mass is 16.5. The fraction of sp³-hybridized carbons (Fsp3) is 0.458. The third-order valence-electron chi connectivity index (χ3n) is 6.48. The Kier molecular flexibility index (Phi) is 5.49. The number of hydrazone groups is 1. The predicted molar refractivity (Wildman–Crippen MR) is 113 cm³/mol. The minimum atomic E-state index is -0.331. The molecule has 0 radical (unpaired) electrons. The molecule has 31 heavy (non-hydrogen) atoms. The molecule has 3 heterocycles. The molecule has 2 aliphatic carbocycles. The van der Waals surface area contributed by atoms with Crippen LogP contribution < -0.4 is 0 Å². The van der Waals surface area contributed by atoms with Crippen molar-refractivity contribution in [3.05, 3.63) is 53.9 Å². The molecule has 7 nitrogen and oxygen atoms in total. The summed E-state index contributed by atoms with van der Waals surface area (Å²) in [6.07, 6.45) is 11.8. The SMILES string of the molecule is O=C(OCC(=O)N1N=C2C(=Cc3ccco3)CCCC2C1c1ccco1)C1CCCC1. The van der Waals surface area contributed by atoms with Crippen molar-refractivity contribution in [3.63, 3.8) is 0 Å². The highest BCUT2D eigenvalue weighted by Gasteiger charge is 2.45. The highest BCUT2D eigenvalue weighted by molar-refractivity contribution is 6.08. The Balaban J connectivity index is 1.39. The van der Waals surface area contributed by atoms with Gasteiger partial charge >= 0.3 is 5.97 Å². The number of allylic oxidation sites excluding steroid dienone is 1. The van der Waals surface area contributed by atoms with Crippen molar-refractivity contribution in [2.24, 2.45) is 16.9 Å². The number of amides is 1. The third kappa shape index (κ3) is 3.96. The summed E-state index contributed by atoms with van der Waals surface area (Å²) in [5.41, 5.74) is 1.96. The van der Waals surface area contributed by atoms with Gasteiger partial charge in [0.1, 0.15) is 17.6 Å². The molecule has 0 bridgehead atoms. The summed E-state index contributed by atoms with van der Waals surface area (Å²) in [5.74, 6) is 0.816. The summed E-state index contributed by atoms with van der Waals surface area (Å²) in [4.78, 5) is 25.4. The van der Waals surface area contributed by atoms with Crippen molar-refractivity contribution in [3.8, 4) is 0 Å². The highest BCUT2D eigenvalue weighted by Crippen LogP contribution is 2.44. The van der Waals surface area contributed by atoms with Crippen LogP contribution >= 0.6 is 0 Å². The standard InChI is InChI=1S/C24H26N2O5/c27-21(15-31-24(28)16-6-1-2-7-16)26-23(20-11-5-13-30-20)19-10-3-8-17(22(19)25-26)14-18-9-4-12-29-18/h4-5,9,11-14,16,19,23H,1-3,6-8,10,15H2. The van der Waals surface area contributed by atoms with E-state index in [2.05, 4.69) is 0 Å². The maximum atomic E-state index is 13.1. The summed E-state index contributed by atoms with van der Waals surface area (Å²) in [6.45, 7) is -0.298. The van der Waals surface area contributed by atoms with Crippen LogP contribution in [0.25, 0.3) is 6.08 Å². The monoisotopic (exact) mass is 422 g/mol. The average Bonchev–Trinajstić information content (AvgIpc) is 3.57. The van der Waals surface area contributed by atoms with Gasteiger partial charge in [-0.3, -0.25) is 9.59 Å². The second-order valence-electron chi connectivity index (χ2n) is 8.46. The third-order valence-corrected chi connectivity index (χ3v) is 6.48. The van der Waals surface area contributed by atoms with E-state index in [1.807, 2.05) is 30.3 Å². The molecule has 1 aliphatic heterocycles. The van der Waals surface area contributed by atoms with Crippen molar-refractivity contribution < 1.29 is 23.2 Å². The Bertz CT molecular complexity index is 983. The number of nitrogens with zero attached hydrogens (tertiary/aromatic N) is 2. The van der Waals surface area contributed by atoms with Crippen LogP contribution in [0.2, 0.25) is 0 Å². The largest absolute Gasteiger partial charge is 0.467 e. The van der Waals surface area contributed by atoms with Gasteiger partial charge < -0.3 is 13.6 Å². The van der Waals surface area contributed by atoms with Crippen LogP contribution in [0, 0.1) is 11.8 Å². The molecule has 2 aromatic rings. The lowest BCUT2D eigenvalue weighted by Gasteiger charge is -2.27. The van der Waals surface area contributed by atoms with Crippen molar-refractivity contribution in [1.29, 1.82) is 0 Å². The van der Waals surface area contributed by atoms with E-state index in [1.54, 1.807) is 12.5 Å². The van der Waals surface area contributed by atoms with Crippen LogP contribution in [0.4, 0.5) is 0 Å². The lowest BCUT2D eigenvalue weighted by atomic mass is 9.79. The smallest absolute Gasteiger partial charge is 0.309 e. The second kappa shape index (κ2) is 8.57. The van der Waals surface area contributed by atoms with Gasteiger partial charge in [-0.2, -0.15) is 5.10 Å². The fourth-order valence-corrected chi connectivity index (χ4v) is 4.97. The number of esters is 1. The molecule has 2 unspecified atom stereocenters. The first-order chi connectivity index (χ1) is 15.2. The molecule has 2 aromatic heterocycles. The summed E-state index contributed by atoms with van der Waals surface area (Å²) in [5, 5.41) is 6.18. The Morgan fingerprint density at radius 1 is 1.10 bits per heavy atom. The van der Waals surface area contributed by atoms with E-state index in [0.29, 0.717) is 5.76 Å². The normalized spacial score (nSPS) is 25.0. The molecule has 7 heteroatoms. The molecule has 2 atom stereocenters. The molecule has 2 saturated carbocycles. The Labute approximate surface area is 180 Å². The lowest BCUT2D eigenvalue weighted by Crippen LogP contribution is -2.34. The molecule has 0 spiro atoms. The predicted octanol–water partition coefficient (Wildman–Crippen LogP) is 4.73. The van der Waals surface area contributed by atoms with Crippen LogP contribution in [0.1, 0.15) is 62.5 Å². The number of hydrogen-bond acceptors (Lipinski definition) is 6. The zero-order valence-electron chi connectivity index (χ0n) is 17.4. The second-order valence-corrected chi connectivity index (χ2v) is 8.46. The van der Waals surface area contributed by atoms with E-state index in [-0.39, 0.29) is 36.4 Å². The molecule has 5 rings (SSSR count). The first-order valence-electron chi connectivity index (χ1n) is 11.1. The minimum absolute atomic E-state index is 0.0376. The van der Waals surface area contributed by atoms with Gasteiger partial charge in [0.15, 0.2) is 6.61 Å². The molecule has 3 aliphatic rings. The molecular formula is C24H26N2O5. The van der Waals surface area contributed by atoms with Gasteiger partial charge in [-0.15, -0.1) is 0 Å². The number of hydrogen-bond donors (Lipinski definition) is 0.